The number of likely N-dealkylation sites (tertiary alicyclic amines) is 1. The van der Waals surface area contributed by atoms with Crippen LogP contribution in [0.1, 0.15) is 39.2 Å². The fourth-order valence-electron chi connectivity index (χ4n) is 6.18. The average Bonchev–Trinajstić information content (AvgIpc) is 3.32. The minimum Gasteiger partial charge on any atom is -0.394 e. The molecule has 0 radical (unpaired) electrons. The van der Waals surface area contributed by atoms with Crippen molar-refractivity contribution in [1.82, 2.24) is 10.2 Å². The topological polar surface area (TPSA) is 108 Å². The van der Waals surface area contributed by atoms with Crippen molar-refractivity contribution in [3.05, 3.63) is 28.8 Å². The number of aliphatic hydroxyl groups is 1. The quantitative estimate of drug-likeness (QED) is 0.581. The standard InChI is InChI=1S/C24H32ClN3O5/c1-12(2)15(11-29)28-19(21(31)27-18-13(3)7-6-8-14(18)25)24-10-9-23(4,33-24)16(20(30)26-5)17(24)22(28)32/h6-8,12,15-17,19,29H,9-11H2,1-5H3,(H,26,30)(H,27,31)/t15-,16+,17-,19?,23-,24?/m0/s1. The summed E-state index contributed by atoms with van der Waals surface area (Å²) >= 11 is 6.36. The molecular weight excluding hydrogens is 446 g/mol. The number of hydrogen-bond donors (Lipinski definition) is 3. The Morgan fingerprint density at radius 1 is 1.30 bits per heavy atom. The molecule has 3 aliphatic heterocycles. The number of benzene rings is 1. The first-order valence-electron chi connectivity index (χ1n) is 11.4. The Kier molecular flexibility index (Phi) is 6.00. The molecule has 1 aromatic rings. The van der Waals surface area contributed by atoms with Crippen molar-refractivity contribution in [2.24, 2.45) is 17.8 Å². The maximum atomic E-state index is 13.9. The number of hydrogen-bond acceptors (Lipinski definition) is 5. The highest BCUT2D eigenvalue weighted by molar-refractivity contribution is 6.34. The molecule has 3 fully saturated rings. The zero-order valence-corrected chi connectivity index (χ0v) is 20.4. The van der Waals surface area contributed by atoms with Gasteiger partial charge in [-0.25, -0.2) is 0 Å². The summed E-state index contributed by atoms with van der Waals surface area (Å²) in [6.07, 6.45) is 1.03. The number of nitrogens with zero attached hydrogens (tertiary/aromatic N) is 1. The number of carbonyl (C=O) groups is 3. The van der Waals surface area contributed by atoms with E-state index in [2.05, 4.69) is 10.6 Å². The number of para-hydroxylation sites is 1. The molecule has 0 saturated carbocycles. The van der Waals surface area contributed by atoms with Gasteiger partial charge < -0.3 is 25.4 Å². The van der Waals surface area contributed by atoms with Gasteiger partial charge in [-0.05, 0) is 44.2 Å². The summed E-state index contributed by atoms with van der Waals surface area (Å²) in [7, 11) is 1.54. The van der Waals surface area contributed by atoms with E-state index in [1.807, 2.05) is 33.8 Å². The van der Waals surface area contributed by atoms with Crippen molar-refractivity contribution < 1.29 is 24.2 Å². The molecule has 4 rings (SSSR count). The van der Waals surface area contributed by atoms with E-state index in [0.717, 1.165) is 5.56 Å². The van der Waals surface area contributed by atoms with Gasteiger partial charge in [0.2, 0.25) is 17.7 Å². The van der Waals surface area contributed by atoms with Crippen LogP contribution in [-0.4, -0.2) is 64.7 Å². The summed E-state index contributed by atoms with van der Waals surface area (Å²) in [5.41, 5.74) is -0.721. The highest BCUT2D eigenvalue weighted by Crippen LogP contribution is 2.63. The second-order valence-electron chi connectivity index (χ2n) is 10.0. The van der Waals surface area contributed by atoms with E-state index in [4.69, 9.17) is 16.3 Å². The Balaban J connectivity index is 1.82. The van der Waals surface area contributed by atoms with Gasteiger partial charge in [-0.3, -0.25) is 14.4 Å². The molecule has 3 heterocycles. The highest BCUT2D eigenvalue weighted by Gasteiger charge is 2.78. The Hall–Kier alpha value is -2.16. The highest BCUT2D eigenvalue weighted by atomic mass is 35.5. The minimum atomic E-state index is -1.15. The molecule has 0 aliphatic carbocycles. The van der Waals surface area contributed by atoms with Crippen LogP contribution in [0, 0.1) is 24.7 Å². The third kappa shape index (κ3) is 3.37. The molecule has 3 saturated heterocycles. The van der Waals surface area contributed by atoms with E-state index >= 15 is 0 Å². The van der Waals surface area contributed by atoms with Gasteiger partial charge in [-0.1, -0.05) is 37.6 Å². The van der Waals surface area contributed by atoms with E-state index in [9.17, 15) is 19.5 Å². The molecule has 1 spiro atoms. The maximum absolute atomic E-state index is 13.9. The summed E-state index contributed by atoms with van der Waals surface area (Å²) in [4.78, 5) is 42.1. The predicted octanol–water partition coefficient (Wildman–Crippen LogP) is 2.11. The lowest BCUT2D eigenvalue weighted by molar-refractivity contribution is -0.149. The van der Waals surface area contributed by atoms with Crippen LogP contribution in [0.4, 0.5) is 5.69 Å². The lowest BCUT2D eigenvalue weighted by Crippen LogP contribution is -2.57. The molecule has 8 nitrogen and oxygen atoms in total. The first kappa shape index (κ1) is 24.0. The molecule has 33 heavy (non-hydrogen) atoms. The SMILES string of the molecule is CNC(=O)[C@H]1[C@H]2C(=O)N([C@@H](CO)C(C)C)C(C(=O)Nc3c(C)cccc3Cl)C23CC[C@]1(C)O3. The van der Waals surface area contributed by atoms with Gasteiger partial charge in [0.25, 0.3) is 0 Å². The van der Waals surface area contributed by atoms with Crippen molar-refractivity contribution in [1.29, 1.82) is 0 Å². The lowest BCUT2D eigenvalue weighted by Gasteiger charge is -2.38. The number of rotatable bonds is 6. The van der Waals surface area contributed by atoms with Crippen LogP contribution in [0.25, 0.3) is 0 Å². The van der Waals surface area contributed by atoms with Crippen molar-refractivity contribution >= 4 is 35.0 Å². The summed E-state index contributed by atoms with van der Waals surface area (Å²) in [6, 6.07) is 3.73. The first-order chi connectivity index (χ1) is 15.5. The molecule has 6 atom stereocenters. The van der Waals surface area contributed by atoms with E-state index in [-0.39, 0.29) is 24.3 Å². The number of halogens is 1. The normalized spacial score (nSPS) is 33.4. The van der Waals surface area contributed by atoms with Crippen molar-refractivity contribution in [3.63, 3.8) is 0 Å². The molecule has 1 aromatic carbocycles. The number of ether oxygens (including phenoxy) is 1. The van der Waals surface area contributed by atoms with Crippen LogP contribution >= 0.6 is 11.6 Å². The number of aliphatic hydroxyl groups excluding tert-OH is 1. The van der Waals surface area contributed by atoms with Gasteiger partial charge in [0.15, 0.2) is 0 Å². The smallest absolute Gasteiger partial charge is 0.250 e. The Morgan fingerprint density at radius 2 is 2.00 bits per heavy atom. The molecule has 3 amide bonds. The Morgan fingerprint density at radius 3 is 2.58 bits per heavy atom. The summed E-state index contributed by atoms with van der Waals surface area (Å²) in [5.74, 6) is -2.65. The van der Waals surface area contributed by atoms with Gasteiger partial charge in [0.1, 0.15) is 11.6 Å². The number of anilines is 1. The van der Waals surface area contributed by atoms with Crippen LogP contribution in [0.15, 0.2) is 18.2 Å². The molecule has 3 N–H and O–H groups in total. The van der Waals surface area contributed by atoms with Gasteiger partial charge in [-0.15, -0.1) is 0 Å². The molecular formula is C24H32ClN3O5. The Bertz CT molecular complexity index is 980. The summed E-state index contributed by atoms with van der Waals surface area (Å²) in [6.45, 7) is 7.16. The molecule has 180 valence electrons. The Labute approximate surface area is 199 Å². The van der Waals surface area contributed by atoms with E-state index < -0.39 is 41.0 Å². The van der Waals surface area contributed by atoms with Crippen LogP contribution in [-0.2, 0) is 19.1 Å². The number of carbonyl (C=O) groups excluding carboxylic acids is 3. The van der Waals surface area contributed by atoms with Gasteiger partial charge in [0, 0.05) is 7.05 Å². The van der Waals surface area contributed by atoms with Crippen LogP contribution in [0.3, 0.4) is 0 Å². The molecule has 0 aromatic heterocycles. The van der Waals surface area contributed by atoms with Gasteiger partial charge >= 0.3 is 0 Å². The average molecular weight is 478 g/mol. The van der Waals surface area contributed by atoms with Gasteiger partial charge in [-0.2, -0.15) is 0 Å². The number of amides is 3. The number of fused-ring (bicyclic) bond motifs is 1. The van der Waals surface area contributed by atoms with Crippen LogP contribution < -0.4 is 10.6 Å². The monoisotopic (exact) mass is 477 g/mol. The third-order valence-electron chi connectivity index (χ3n) is 7.78. The number of aryl methyl sites for hydroxylation is 1. The fraction of sp³-hybridized carbons (Fsp3) is 0.625. The van der Waals surface area contributed by atoms with Crippen LogP contribution in [0.5, 0.6) is 0 Å². The van der Waals surface area contributed by atoms with Crippen molar-refractivity contribution in [2.45, 2.75) is 63.8 Å². The van der Waals surface area contributed by atoms with Gasteiger partial charge in [0.05, 0.1) is 40.8 Å². The van der Waals surface area contributed by atoms with E-state index in [1.54, 1.807) is 12.1 Å². The van der Waals surface area contributed by atoms with Crippen molar-refractivity contribution in [2.75, 3.05) is 19.0 Å². The summed E-state index contributed by atoms with van der Waals surface area (Å²) < 4.78 is 6.52. The third-order valence-corrected chi connectivity index (χ3v) is 8.09. The zero-order chi connectivity index (χ0) is 24.3. The first-order valence-corrected chi connectivity index (χ1v) is 11.8. The molecule has 2 unspecified atom stereocenters. The fourth-order valence-corrected chi connectivity index (χ4v) is 6.45. The van der Waals surface area contributed by atoms with E-state index in [1.165, 1.54) is 11.9 Å². The maximum Gasteiger partial charge on any atom is 0.250 e. The lowest BCUT2D eigenvalue weighted by atomic mass is 9.66. The second-order valence-corrected chi connectivity index (χ2v) is 10.4. The number of nitrogens with one attached hydrogen (secondary N) is 2. The van der Waals surface area contributed by atoms with E-state index in [0.29, 0.717) is 23.6 Å². The summed E-state index contributed by atoms with van der Waals surface area (Å²) in [5, 5.41) is 16.2. The molecule has 9 heteroatoms. The molecule has 3 aliphatic rings. The second kappa shape index (κ2) is 8.25. The predicted molar refractivity (Wildman–Crippen MR) is 124 cm³/mol. The minimum absolute atomic E-state index is 0.113. The molecule has 2 bridgehead atoms. The van der Waals surface area contributed by atoms with Crippen LogP contribution in [0.2, 0.25) is 5.02 Å². The zero-order valence-electron chi connectivity index (χ0n) is 19.6. The largest absolute Gasteiger partial charge is 0.394 e. The van der Waals surface area contributed by atoms with Crippen molar-refractivity contribution in [3.8, 4) is 0 Å².